The molecule has 7 aromatic rings. The second-order valence-corrected chi connectivity index (χ2v) is 26.5. The molecule has 71 heavy (non-hydrogen) atoms. The Morgan fingerprint density at radius 2 is 1.03 bits per heavy atom. The highest BCUT2D eigenvalue weighted by atomic mass is 15.3. The van der Waals surface area contributed by atoms with Crippen molar-refractivity contribution in [2.24, 2.45) is 0 Å². The minimum Gasteiger partial charge on any atom is -0.330 e. The lowest BCUT2D eigenvalue weighted by Gasteiger charge is -2.51. The molecule has 3 aliphatic heterocycles. The zero-order valence-corrected chi connectivity index (χ0v) is 46.0. The van der Waals surface area contributed by atoms with E-state index in [0.29, 0.717) is 0 Å². The predicted molar refractivity (Wildman–Crippen MR) is 308 cm³/mol. The molecule has 0 spiro atoms. The van der Waals surface area contributed by atoms with Crippen LogP contribution in [0.3, 0.4) is 0 Å². The van der Waals surface area contributed by atoms with Gasteiger partial charge in [-0.2, -0.15) is 0 Å². The van der Waals surface area contributed by atoms with Gasteiger partial charge >= 0.3 is 0 Å². The summed E-state index contributed by atoms with van der Waals surface area (Å²) in [6, 6.07) is 51.1. The molecule has 0 aromatic heterocycles. The van der Waals surface area contributed by atoms with Gasteiger partial charge in [0.1, 0.15) is 0 Å². The van der Waals surface area contributed by atoms with Crippen LogP contribution in [0.2, 0.25) is 0 Å². The Hall–Kier alpha value is -6.00. The maximum Gasteiger partial charge on any atom is 0.252 e. The van der Waals surface area contributed by atoms with Gasteiger partial charge in [0.25, 0.3) is 6.71 Å². The van der Waals surface area contributed by atoms with Crippen LogP contribution >= 0.6 is 0 Å². The van der Waals surface area contributed by atoms with E-state index in [2.05, 4.69) is 260 Å². The average Bonchev–Trinajstić information content (AvgIpc) is 3.51. The first-order valence-electron chi connectivity index (χ1n) is 26.5. The number of nitrogens with zero attached hydrogens (tertiary/aromatic N) is 3. The molecule has 4 heteroatoms. The van der Waals surface area contributed by atoms with Crippen molar-refractivity contribution in [3.05, 3.63) is 183 Å². The van der Waals surface area contributed by atoms with Crippen molar-refractivity contribution < 1.29 is 0 Å². The molecule has 2 atom stereocenters. The summed E-state index contributed by atoms with van der Waals surface area (Å²) in [6.45, 7) is 40.2. The van der Waals surface area contributed by atoms with Crippen molar-refractivity contribution in [2.75, 3.05) is 14.7 Å². The quantitative estimate of drug-likeness (QED) is 0.163. The van der Waals surface area contributed by atoms with Gasteiger partial charge in [-0.05, 0) is 177 Å². The van der Waals surface area contributed by atoms with Gasteiger partial charge < -0.3 is 14.7 Å². The third-order valence-corrected chi connectivity index (χ3v) is 17.6. The molecule has 1 aliphatic carbocycles. The maximum atomic E-state index is 2.78. The molecule has 0 amide bonds. The normalized spacial score (nSPS) is 19.2. The summed E-state index contributed by atoms with van der Waals surface area (Å²) in [5.41, 5.74) is 27.3. The Labute approximate surface area is 427 Å². The molecule has 0 saturated carbocycles. The van der Waals surface area contributed by atoms with Crippen LogP contribution in [0.5, 0.6) is 0 Å². The number of rotatable bonds is 3. The standard InChI is InChI=1S/C67H76BN3/c1-41-34-43(3)61-52(35-41)66(16)33-32-44-20-18-19-21-51(44)67(66,17)71(61)50-28-29-53-57(40-50)69(49-26-22-45(23-27-49)62(4,5)6)58-38-48(65(13,14)15)39-59-60(58)68(53)54-37-47(64(10,11)12)25-31-56(54)70(59)55-30-24-46(36-42(55)2)63(7,8)9/h18-31,34-40H,32-33H2,1-17H3. The van der Waals surface area contributed by atoms with Gasteiger partial charge in [-0.3, -0.25) is 0 Å². The SMILES string of the molecule is Cc1cc(C)c2c(c1)C1(C)CCc3ccccc3C1(C)N2c1ccc2c(c1)N(c1ccc(C(C)(C)C)cc1)c1cc(C(C)(C)C)cc3c1B2c1cc(C(C)(C)C)ccc1N3c1ccc(C(C)(C)C)cc1C. The number of benzene rings is 7. The molecule has 11 rings (SSSR count). The first-order valence-corrected chi connectivity index (χ1v) is 26.5. The molecule has 4 aliphatic rings. The molecule has 7 aromatic carbocycles. The van der Waals surface area contributed by atoms with Crippen LogP contribution in [0.1, 0.15) is 159 Å². The second-order valence-electron chi connectivity index (χ2n) is 26.5. The predicted octanol–water partition coefficient (Wildman–Crippen LogP) is 16.2. The van der Waals surface area contributed by atoms with Gasteiger partial charge in [0.2, 0.25) is 0 Å². The van der Waals surface area contributed by atoms with Crippen molar-refractivity contribution in [2.45, 2.75) is 163 Å². The lowest BCUT2D eigenvalue weighted by Crippen LogP contribution is -2.61. The summed E-state index contributed by atoms with van der Waals surface area (Å²) in [7, 11) is 0. The third-order valence-electron chi connectivity index (χ3n) is 17.6. The van der Waals surface area contributed by atoms with Crippen LogP contribution in [0.4, 0.5) is 45.5 Å². The molecular formula is C67H76BN3. The van der Waals surface area contributed by atoms with Crippen LogP contribution in [-0.4, -0.2) is 6.71 Å². The Kier molecular flexibility index (Phi) is 10.3. The number of hydrogen-bond acceptors (Lipinski definition) is 3. The first-order chi connectivity index (χ1) is 33.2. The van der Waals surface area contributed by atoms with Crippen molar-refractivity contribution in [1.82, 2.24) is 0 Å². The fourth-order valence-electron chi connectivity index (χ4n) is 13.2. The molecule has 362 valence electrons. The van der Waals surface area contributed by atoms with Crippen molar-refractivity contribution in [1.29, 1.82) is 0 Å². The minimum absolute atomic E-state index is 0.00243. The fraction of sp³-hybridized carbons (Fsp3) is 0.373. The molecule has 0 N–H and O–H groups in total. The number of aryl methyl sites for hydroxylation is 4. The molecule has 0 radical (unpaired) electrons. The van der Waals surface area contributed by atoms with E-state index in [9.17, 15) is 0 Å². The van der Waals surface area contributed by atoms with Gasteiger partial charge in [-0.1, -0.05) is 174 Å². The lowest BCUT2D eigenvalue weighted by molar-refractivity contribution is 0.245. The highest BCUT2D eigenvalue weighted by Gasteiger charge is 2.60. The monoisotopic (exact) mass is 934 g/mol. The average molecular weight is 934 g/mol. The van der Waals surface area contributed by atoms with Crippen molar-refractivity contribution >= 4 is 68.6 Å². The summed E-state index contributed by atoms with van der Waals surface area (Å²) < 4.78 is 0. The maximum absolute atomic E-state index is 2.78. The number of fused-ring (bicyclic) bond motifs is 9. The van der Waals surface area contributed by atoms with E-state index < -0.39 is 0 Å². The Bertz CT molecular complexity index is 3330. The highest BCUT2D eigenvalue weighted by molar-refractivity contribution is 7.00. The second kappa shape index (κ2) is 15.5. The minimum atomic E-state index is -0.324. The topological polar surface area (TPSA) is 9.72 Å². The van der Waals surface area contributed by atoms with Crippen LogP contribution in [0, 0.1) is 20.8 Å². The first kappa shape index (κ1) is 47.3. The van der Waals surface area contributed by atoms with Gasteiger partial charge in [0.05, 0.1) is 5.54 Å². The molecular weight excluding hydrogens is 858 g/mol. The van der Waals surface area contributed by atoms with E-state index in [1.807, 2.05) is 0 Å². The summed E-state index contributed by atoms with van der Waals surface area (Å²) in [5, 5.41) is 0. The van der Waals surface area contributed by atoms with Gasteiger partial charge in [-0.15, -0.1) is 0 Å². The van der Waals surface area contributed by atoms with Crippen molar-refractivity contribution in [3.8, 4) is 0 Å². The van der Waals surface area contributed by atoms with Crippen LogP contribution in [-0.2, 0) is 39.0 Å². The molecule has 3 nitrogen and oxygen atoms in total. The van der Waals surface area contributed by atoms with E-state index in [1.165, 1.54) is 118 Å². The number of anilines is 8. The Balaban J connectivity index is 1.25. The summed E-state index contributed by atoms with van der Waals surface area (Å²) in [5.74, 6) is 0. The van der Waals surface area contributed by atoms with E-state index in [1.54, 1.807) is 0 Å². The zero-order chi connectivity index (χ0) is 50.7. The fourth-order valence-corrected chi connectivity index (χ4v) is 13.2. The number of hydrogen-bond donors (Lipinski definition) is 0. The Morgan fingerprint density at radius 3 is 1.66 bits per heavy atom. The van der Waals surface area contributed by atoms with E-state index in [0.717, 1.165) is 12.8 Å². The zero-order valence-electron chi connectivity index (χ0n) is 46.0. The van der Waals surface area contributed by atoms with Crippen molar-refractivity contribution in [3.63, 3.8) is 0 Å². The molecule has 0 saturated heterocycles. The van der Waals surface area contributed by atoms with E-state index in [4.69, 9.17) is 0 Å². The van der Waals surface area contributed by atoms with Gasteiger partial charge in [0, 0.05) is 50.9 Å². The largest absolute Gasteiger partial charge is 0.330 e. The van der Waals surface area contributed by atoms with Crippen LogP contribution in [0.25, 0.3) is 0 Å². The third kappa shape index (κ3) is 7.04. The lowest BCUT2D eigenvalue weighted by atomic mass is 9.33. The smallest absolute Gasteiger partial charge is 0.252 e. The molecule has 0 fully saturated rings. The van der Waals surface area contributed by atoms with E-state index in [-0.39, 0.29) is 39.3 Å². The van der Waals surface area contributed by atoms with Crippen LogP contribution < -0.4 is 31.1 Å². The highest BCUT2D eigenvalue weighted by Crippen LogP contribution is 2.65. The Morgan fingerprint density at radius 1 is 0.451 bits per heavy atom. The molecule has 2 unspecified atom stereocenters. The van der Waals surface area contributed by atoms with Gasteiger partial charge in [0.15, 0.2) is 0 Å². The van der Waals surface area contributed by atoms with E-state index >= 15 is 0 Å². The van der Waals surface area contributed by atoms with Gasteiger partial charge in [-0.25, -0.2) is 0 Å². The molecule has 3 heterocycles. The summed E-state index contributed by atoms with van der Waals surface area (Å²) in [4.78, 5) is 8.06. The summed E-state index contributed by atoms with van der Waals surface area (Å²) in [6.07, 6.45) is 2.18. The van der Waals surface area contributed by atoms with Crippen LogP contribution in [0.15, 0.2) is 127 Å². The molecule has 0 bridgehead atoms. The summed E-state index contributed by atoms with van der Waals surface area (Å²) >= 11 is 0.